The molecule has 1 atom stereocenters. The number of carbonyl (C=O) groups is 2. The average molecular weight is 492 g/mol. The van der Waals surface area contributed by atoms with Crippen LogP contribution in [-0.2, 0) is 9.59 Å². The number of ether oxygens (including phenoxy) is 1. The van der Waals surface area contributed by atoms with Gasteiger partial charge in [-0.15, -0.1) is 0 Å². The summed E-state index contributed by atoms with van der Waals surface area (Å²) >= 11 is 0. The second-order valence-electron chi connectivity index (χ2n) is 9.01. The molecule has 0 saturated heterocycles. The van der Waals surface area contributed by atoms with Crippen LogP contribution in [0.25, 0.3) is 11.4 Å². The second-order valence-corrected chi connectivity index (χ2v) is 9.01. The van der Waals surface area contributed by atoms with Gasteiger partial charge in [-0.2, -0.15) is 4.98 Å². The lowest BCUT2D eigenvalue weighted by Crippen LogP contribution is -2.31. The van der Waals surface area contributed by atoms with Crippen molar-refractivity contribution in [1.29, 1.82) is 0 Å². The fourth-order valence-electron chi connectivity index (χ4n) is 4.20. The molecule has 0 aliphatic carbocycles. The zero-order valence-corrected chi connectivity index (χ0v) is 20.5. The number of Topliss-reactive ketones (excluding diaryl/α,β-unsaturated/α-hetero) is 1. The first-order valence-electron chi connectivity index (χ1n) is 11.8. The molecule has 2 heterocycles. The van der Waals surface area contributed by atoms with Crippen LogP contribution in [0.3, 0.4) is 0 Å². The molecule has 1 aliphatic heterocycles. The van der Waals surface area contributed by atoms with E-state index in [4.69, 9.17) is 14.4 Å². The predicted octanol–water partition coefficient (Wildman–Crippen LogP) is 4.32. The van der Waals surface area contributed by atoms with Gasteiger partial charge in [0.05, 0.1) is 18.2 Å². The first-order chi connectivity index (χ1) is 17.3. The van der Waals surface area contributed by atoms with Crippen molar-refractivity contribution in [1.82, 2.24) is 10.1 Å². The van der Waals surface area contributed by atoms with E-state index in [1.54, 1.807) is 55.5 Å². The Labute approximate surface area is 209 Å². The smallest absolute Gasteiger partial charge is 0.294 e. The molecular weight excluding hydrogens is 462 g/mol. The first-order valence-corrected chi connectivity index (χ1v) is 11.8. The van der Waals surface area contributed by atoms with Crippen LogP contribution in [-0.4, -0.2) is 45.3 Å². The summed E-state index contributed by atoms with van der Waals surface area (Å²) in [6.45, 7) is 5.74. The number of benzene rings is 2. The van der Waals surface area contributed by atoms with Gasteiger partial charge in [-0.25, -0.2) is 0 Å². The van der Waals surface area contributed by atoms with Crippen molar-refractivity contribution in [2.75, 3.05) is 18.1 Å². The largest absolute Gasteiger partial charge is 0.503 e. The summed E-state index contributed by atoms with van der Waals surface area (Å²) in [5, 5.41) is 24.0. The van der Waals surface area contributed by atoms with Gasteiger partial charge in [0, 0.05) is 43.2 Å². The average Bonchev–Trinajstić information content (AvgIpc) is 3.40. The maximum Gasteiger partial charge on any atom is 0.294 e. The van der Waals surface area contributed by atoms with Gasteiger partial charge in [0.2, 0.25) is 11.7 Å². The highest BCUT2D eigenvalue weighted by Gasteiger charge is 2.45. The Hall–Kier alpha value is -3.98. The number of hydrogen-bond donors (Lipinski definition) is 2. The van der Waals surface area contributed by atoms with Crippen LogP contribution in [0, 0.1) is 12.8 Å². The Morgan fingerprint density at radius 3 is 2.53 bits per heavy atom. The number of aliphatic hydroxyl groups is 2. The predicted molar refractivity (Wildman–Crippen MR) is 132 cm³/mol. The van der Waals surface area contributed by atoms with Crippen molar-refractivity contribution in [2.45, 2.75) is 39.7 Å². The number of ketones is 1. The molecule has 4 rings (SSSR count). The van der Waals surface area contributed by atoms with Gasteiger partial charge in [-0.05, 0) is 36.2 Å². The van der Waals surface area contributed by atoms with Crippen LogP contribution >= 0.6 is 0 Å². The molecule has 1 unspecified atom stereocenters. The van der Waals surface area contributed by atoms with Gasteiger partial charge in [0.15, 0.2) is 11.5 Å². The third-order valence-electron chi connectivity index (χ3n) is 5.81. The summed E-state index contributed by atoms with van der Waals surface area (Å²) in [6.07, 6.45) is 0.611. The van der Waals surface area contributed by atoms with Crippen molar-refractivity contribution in [3.8, 4) is 17.1 Å². The number of nitrogens with zero attached hydrogens (tertiary/aromatic N) is 3. The van der Waals surface area contributed by atoms with Crippen LogP contribution in [0.4, 0.5) is 5.69 Å². The minimum absolute atomic E-state index is 0.0265. The minimum Gasteiger partial charge on any atom is -0.503 e. The monoisotopic (exact) mass is 491 g/mol. The third kappa shape index (κ3) is 5.01. The Morgan fingerprint density at radius 2 is 1.89 bits per heavy atom. The first kappa shape index (κ1) is 25.1. The summed E-state index contributed by atoms with van der Waals surface area (Å²) in [5.74, 6) is -0.168. The number of para-hydroxylation sites is 1. The topological polar surface area (TPSA) is 126 Å². The number of aryl methyl sites for hydroxylation is 1. The van der Waals surface area contributed by atoms with Gasteiger partial charge in [-0.3, -0.25) is 14.5 Å². The van der Waals surface area contributed by atoms with E-state index in [1.807, 2.05) is 13.8 Å². The van der Waals surface area contributed by atoms with Crippen molar-refractivity contribution in [3.63, 3.8) is 0 Å². The standard InChI is InChI=1S/C27H29N3O6/c1-16(2)15-21(32)23-24(20-7-4-5-8-22(20)35-14-6-13-31)30(27(34)25(23)33)19-11-9-18(10-12-19)26-28-17(3)36-29-26/h4-5,7-12,16,24,31,33H,6,13-15H2,1-3H3. The highest BCUT2D eigenvalue weighted by atomic mass is 16.5. The van der Waals surface area contributed by atoms with Gasteiger partial charge >= 0.3 is 0 Å². The van der Waals surface area contributed by atoms with E-state index in [0.29, 0.717) is 40.7 Å². The quantitative estimate of drug-likeness (QED) is 0.402. The maximum absolute atomic E-state index is 13.4. The Morgan fingerprint density at radius 1 is 1.17 bits per heavy atom. The van der Waals surface area contributed by atoms with E-state index in [2.05, 4.69) is 10.1 Å². The van der Waals surface area contributed by atoms with E-state index in [-0.39, 0.29) is 36.9 Å². The van der Waals surface area contributed by atoms with Crippen molar-refractivity contribution >= 4 is 17.4 Å². The molecular formula is C27H29N3O6. The zero-order chi connectivity index (χ0) is 25.8. The Balaban J connectivity index is 1.78. The normalized spacial score (nSPS) is 15.8. The molecule has 2 N–H and O–H groups in total. The van der Waals surface area contributed by atoms with E-state index in [9.17, 15) is 14.7 Å². The highest BCUT2D eigenvalue weighted by molar-refractivity contribution is 6.16. The number of amides is 1. The molecule has 36 heavy (non-hydrogen) atoms. The lowest BCUT2D eigenvalue weighted by Gasteiger charge is -2.28. The van der Waals surface area contributed by atoms with Crippen molar-refractivity contribution < 1.29 is 29.1 Å². The molecule has 2 aromatic carbocycles. The number of anilines is 1. The molecule has 9 heteroatoms. The lowest BCUT2D eigenvalue weighted by atomic mass is 9.91. The SMILES string of the molecule is Cc1nc(-c2ccc(N3C(=O)C(O)=C(C(=O)CC(C)C)C3c3ccccc3OCCCO)cc2)no1. The summed E-state index contributed by atoms with van der Waals surface area (Å²) in [7, 11) is 0. The fourth-order valence-corrected chi connectivity index (χ4v) is 4.20. The molecule has 1 aromatic heterocycles. The maximum atomic E-state index is 13.4. The van der Waals surface area contributed by atoms with Crippen LogP contribution in [0.2, 0.25) is 0 Å². The van der Waals surface area contributed by atoms with Crippen molar-refractivity contribution in [3.05, 3.63) is 71.3 Å². The molecule has 0 saturated carbocycles. The molecule has 0 radical (unpaired) electrons. The minimum atomic E-state index is -0.882. The van der Waals surface area contributed by atoms with Gasteiger partial charge < -0.3 is 19.5 Å². The van der Waals surface area contributed by atoms with E-state index in [1.165, 1.54) is 4.90 Å². The van der Waals surface area contributed by atoms with Crippen molar-refractivity contribution in [2.24, 2.45) is 5.92 Å². The molecule has 1 amide bonds. The van der Waals surface area contributed by atoms with Crippen LogP contribution < -0.4 is 9.64 Å². The molecule has 0 bridgehead atoms. The summed E-state index contributed by atoms with van der Waals surface area (Å²) < 4.78 is 10.9. The summed E-state index contributed by atoms with van der Waals surface area (Å²) in [5.41, 5.74) is 1.79. The van der Waals surface area contributed by atoms with Gasteiger partial charge in [0.25, 0.3) is 5.91 Å². The molecule has 0 fully saturated rings. The Kier molecular flexibility index (Phi) is 7.49. The number of rotatable bonds is 10. The number of aromatic nitrogens is 2. The van der Waals surface area contributed by atoms with E-state index < -0.39 is 17.7 Å². The van der Waals surface area contributed by atoms with Crippen LogP contribution in [0.15, 0.2) is 64.4 Å². The molecule has 3 aromatic rings. The zero-order valence-electron chi connectivity index (χ0n) is 20.5. The third-order valence-corrected chi connectivity index (χ3v) is 5.81. The fraction of sp³-hybridized carbons (Fsp3) is 0.333. The van der Waals surface area contributed by atoms with Crippen LogP contribution in [0.1, 0.15) is 44.2 Å². The van der Waals surface area contributed by atoms with Crippen LogP contribution in [0.5, 0.6) is 5.75 Å². The highest BCUT2D eigenvalue weighted by Crippen LogP contribution is 2.44. The lowest BCUT2D eigenvalue weighted by molar-refractivity contribution is -0.118. The van der Waals surface area contributed by atoms with Gasteiger partial charge in [-0.1, -0.05) is 37.2 Å². The number of hydrogen-bond acceptors (Lipinski definition) is 8. The second kappa shape index (κ2) is 10.7. The van der Waals surface area contributed by atoms with E-state index in [0.717, 1.165) is 0 Å². The number of carbonyl (C=O) groups excluding carboxylic acids is 2. The van der Waals surface area contributed by atoms with Gasteiger partial charge in [0.1, 0.15) is 5.75 Å². The summed E-state index contributed by atoms with van der Waals surface area (Å²) in [6, 6.07) is 13.1. The van der Waals surface area contributed by atoms with E-state index >= 15 is 0 Å². The molecule has 0 spiro atoms. The Bertz CT molecular complexity index is 1280. The summed E-state index contributed by atoms with van der Waals surface area (Å²) in [4.78, 5) is 32.3. The number of aliphatic hydroxyl groups excluding tert-OH is 2. The molecule has 1 aliphatic rings. The molecule has 188 valence electrons. The molecule has 9 nitrogen and oxygen atoms in total.